The Hall–Kier alpha value is -2.51. The van der Waals surface area contributed by atoms with Crippen LogP contribution in [0, 0.1) is 10.1 Å². The van der Waals surface area contributed by atoms with Crippen molar-refractivity contribution >= 4 is 21.3 Å². The molecule has 0 aromatic heterocycles. The minimum atomic E-state index is -3.92. The Balaban J connectivity index is 1.94. The van der Waals surface area contributed by atoms with Crippen molar-refractivity contribution in [1.82, 2.24) is 4.72 Å². The predicted molar refractivity (Wildman–Crippen MR) is 93.0 cm³/mol. The Kier molecular flexibility index (Phi) is 5.83. The number of nitro benzene ring substituents is 1. The quantitative estimate of drug-likeness (QED) is 0.451. The molecule has 0 saturated carbocycles. The molecule has 0 spiro atoms. The molecule has 2 rings (SSSR count). The molecule has 126 valence electrons. The van der Waals surface area contributed by atoms with Crippen LogP contribution in [0.4, 0.5) is 5.69 Å². The summed E-state index contributed by atoms with van der Waals surface area (Å²) in [6.45, 7) is 4.17. The smallest absolute Gasteiger partial charge is 0.258 e. The third kappa shape index (κ3) is 4.50. The summed E-state index contributed by atoms with van der Waals surface area (Å²) in [5.74, 6) is 0. The van der Waals surface area contributed by atoms with Gasteiger partial charge in [0.15, 0.2) is 4.90 Å². The van der Waals surface area contributed by atoms with E-state index < -0.39 is 20.6 Å². The summed E-state index contributed by atoms with van der Waals surface area (Å²) in [7, 11) is -3.92. The number of hydrogen-bond donors (Lipinski definition) is 1. The minimum Gasteiger partial charge on any atom is -0.258 e. The van der Waals surface area contributed by atoms with Crippen molar-refractivity contribution in [3.8, 4) is 0 Å². The van der Waals surface area contributed by atoms with Gasteiger partial charge in [-0.25, -0.2) is 13.1 Å². The van der Waals surface area contributed by atoms with Crippen molar-refractivity contribution in [2.75, 3.05) is 6.54 Å². The Morgan fingerprint density at radius 2 is 1.71 bits per heavy atom. The second-order valence-electron chi connectivity index (χ2n) is 5.20. The second kappa shape index (κ2) is 7.85. The zero-order valence-corrected chi connectivity index (χ0v) is 13.8. The summed E-state index contributed by atoms with van der Waals surface area (Å²) in [5.41, 5.74) is 1.50. The maximum Gasteiger partial charge on any atom is 0.289 e. The third-order valence-electron chi connectivity index (χ3n) is 3.48. The third-order valence-corrected chi connectivity index (χ3v) is 4.99. The molecule has 0 radical (unpaired) electrons. The monoisotopic (exact) mass is 346 g/mol. The van der Waals surface area contributed by atoms with Gasteiger partial charge >= 0.3 is 0 Å². The van der Waals surface area contributed by atoms with E-state index in [9.17, 15) is 18.5 Å². The Labute approximate surface area is 141 Å². The van der Waals surface area contributed by atoms with Gasteiger partial charge in [0.25, 0.3) is 5.69 Å². The van der Waals surface area contributed by atoms with Crippen molar-refractivity contribution in [3.05, 3.63) is 76.9 Å². The molecule has 2 aromatic rings. The number of allylic oxidation sites excluding steroid dienone is 1. The van der Waals surface area contributed by atoms with Crippen molar-refractivity contribution < 1.29 is 13.3 Å². The maximum atomic E-state index is 12.2. The minimum absolute atomic E-state index is 0.181. The number of rotatable bonds is 8. The molecule has 0 aliphatic heterocycles. The van der Waals surface area contributed by atoms with Crippen LogP contribution in [-0.4, -0.2) is 19.9 Å². The molecule has 0 fully saturated rings. The summed E-state index contributed by atoms with van der Waals surface area (Å²) in [4.78, 5) is 9.92. The standard InChI is InChI=1S/C17H18N2O4S/c1-14(15-9-3-2-4-10-15)8-7-13-18-24(22,23)17-12-6-5-11-16(17)19(20)21/h2-6,9-12,18H,1,7-8,13H2. The fraction of sp³-hybridized carbons (Fsp3) is 0.176. The van der Waals surface area contributed by atoms with Crippen LogP contribution >= 0.6 is 0 Å². The zero-order valence-electron chi connectivity index (χ0n) is 13.0. The molecular weight excluding hydrogens is 328 g/mol. The molecule has 1 N–H and O–H groups in total. The summed E-state index contributed by atoms with van der Waals surface area (Å²) in [5, 5.41) is 10.9. The van der Waals surface area contributed by atoms with Crippen molar-refractivity contribution in [3.63, 3.8) is 0 Å². The molecule has 0 aliphatic rings. The van der Waals surface area contributed by atoms with Crippen LogP contribution in [0.1, 0.15) is 18.4 Å². The number of nitrogens with zero attached hydrogens (tertiary/aromatic N) is 1. The van der Waals surface area contributed by atoms with Crippen LogP contribution < -0.4 is 4.72 Å². The highest BCUT2D eigenvalue weighted by Crippen LogP contribution is 2.23. The van der Waals surface area contributed by atoms with E-state index in [0.717, 1.165) is 11.1 Å². The van der Waals surface area contributed by atoms with Gasteiger partial charge in [0.05, 0.1) is 4.92 Å². The first-order valence-electron chi connectivity index (χ1n) is 7.38. The molecule has 7 heteroatoms. The van der Waals surface area contributed by atoms with Crippen LogP contribution in [-0.2, 0) is 10.0 Å². The lowest BCUT2D eigenvalue weighted by atomic mass is 10.0. The largest absolute Gasteiger partial charge is 0.289 e. The number of sulfonamides is 1. The van der Waals surface area contributed by atoms with Crippen molar-refractivity contribution in [2.24, 2.45) is 0 Å². The molecule has 0 aliphatic carbocycles. The number of nitro groups is 1. The molecule has 0 amide bonds. The van der Waals surface area contributed by atoms with Crippen LogP contribution in [0.15, 0.2) is 66.1 Å². The van der Waals surface area contributed by atoms with Gasteiger partial charge in [0.1, 0.15) is 0 Å². The number of benzene rings is 2. The molecular formula is C17H18N2O4S. The van der Waals surface area contributed by atoms with Gasteiger partial charge in [-0.3, -0.25) is 10.1 Å². The van der Waals surface area contributed by atoms with E-state index in [1.807, 2.05) is 30.3 Å². The topological polar surface area (TPSA) is 89.3 Å². The van der Waals surface area contributed by atoms with Crippen LogP contribution in [0.2, 0.25) is 0 Å². The normalized spacial score (nSPS) is 11.2. The highest BCUT2D eigenvalue weighted by molar-refractivity contribution is 7.89. The number of hydrogen-bond acceptors (Lipinski definition) is 4. The fourth-order valence-corrected chi connectivity index (χ4v) is 3.48. The van der Waals surface area contributed by atoms with Crippen molar-refractivity contribution in [2.45, 2.75) is 17.7 Å². The Bertz CT molecular complexity index is 833. The second-order valence-corrected chi connectivity index (χ2v) is 6.93. The molecule has 0 unspecified atom stereocenters. The van der Waals surface area contributed by atoms with Gasteiger partial charge in [-0.05, 0) is 30.0 Å². The molecule has 0 atom stereocenters. The highest BCUT2D eigenvalue weighted by atomic mass is 32.2. The van der Waals surface area contributed by atoms with E-state index in [2.05, 4.69) is 11.3 Å². The molecule has 0 saturated heterocycles. The van der Waals surface area contributed by atoms with E-state index in [1.165, 1.54) is 24.3 Å². The molecule has 2 aromatic carbocycles. The van der Waals surface area contributed by atoms with E-state index >= 15 is 0 Å². The van der Waals surface area contributed by atoms with E-state index in [0.29, 0.717) is 12.8 Å². The van der Waals surface area contributed by atoms with Gasteiger partial charge in [-0.1, -0.05) is 49.0 Å². The van der Waals surface area contributed by atoms with Crippen LogP contribution in [0.5, 0.6) is 0 Å². The average Bonchev–Trinajstić information content (AvgIpc) is 2.59. The van der Waals surface area contributed by atoms with Gasteiger partial charge in [-0.15, -0.1) is 0 Å². The average molecular weight is 346 g/mol. The van der Waals surface area contributed by atoms with E-state index in [-0.39, 0.29) is 11.4 Å². The van der Waals surface area contributed by atoms with E-state index in [1.54, 1.807) is 0 Å². The SMILES string of the molecule is C=C(CCCNS(=O)(=O)c1ccccc1[N+](=O)[O-])c1ccccc1. The van der Waals surface area contributed by atoms with E-state index in [4.69, 9.17) is 0 Å². The van der Waals surface area contributed by atoms with Crippen LogP contribution in [0.25, 0.3) is 5.57 Å². The Morgan fingerprint density at radius 1 is 1.08 bits per heavy atom. The van der Waals surface area contributed by atoms with Crippen molar-refractivity contribution in [1.29, 1.82) is 0 Å². The highest BCUT2D eigenvalue weighted by Gasteiger charge is 2.24. The molecule has 0 heterocycles. The first kappa shape index (κ1) is 17.8. The van der Waals surface area contributed by atoms with Gasteiger partial charge in [0.2, 0.25) is 10.0 Å². The predicted octanol–water partition coefficient (Wildman–Crippen LogP) is 3.37. The molecule has 24 heavy (non-hydrogen) atoms. The van der Waals surface area contributed by atoms with Gasteiger partial charge in [0, 0.05) is 12.6 Å². The number of para-hydroxylation sites is 1. The summed E-state index contributed by atoms with van der Waals surface area (Å²) in [6.07, 6.45) is 1.18. The first-order valence-corrected chi connectivity index (χ1v) is 8.86. The van der Waals surface area contributed by atoms with Gasteiger partial charge < -0.3 is 0 Å². The maximum absolute atomic E-state index is 12.2. The fourth-order valence-electron chi connectivity index (χ4n) is 2.24. The Morgan fingerprint density at radius 3 is 2.38 bits per heavy atom. The summed E-state index contributed by atoms with van der Waals surface area (Å²) >= 11 is 0. The van der Waals surface area contributed by atoms with Gasteiger partial charge in [-0.2, -0.15) is 0 Å². The summed E-state index contributed by atoms with van der Waals surface area (Å²) in [6, 6.07) is 14.9. The first-order chi connectivity index (χ1) is 11.4. The summed E-state index contributed by atoms with van der Waals surface area (Å²) < 4.78 is 26.9. The number of nitrogens with one attached hydrogen (secondary N) is 1. The lowest BCUT2D eigenvalue weighted by Gasteiger charge is -2.08. The zero-order chi connectivity index (χ0) is 17.6. The molecule has 6 nitrogen and oxygen atoms in total. The lowest BCUT2D eigenvalue weighted by molar-refractivity contribution is -0.387. The lowest BCUT2D eigenvalue weighted by Crippen LogP contribution is -2.25. The molecule has 0 bridgehead atoms. The van der Waals surface area contributed by atoms with Crippen LogP contribution in [0.3, 0.4) is 0 Å².